The minimum atomic E-state index is 0.519. The summed E-state index contributed by atoms with van der Waals surface area (Å²) in [6.07, 6.45) is 2.46. The van der Waals surface area contributed by atoms with Gasteiger partial charge >= 0.3 is 0 Å². The maximum absolute atomic E-state index is 5.90. The molecule has 1 aromatic heterocycles. The van der Waals surface area contributed by atoms with E-state index in [1.54, 1.807) is 0 Å². The molecule has 1 aliphatic carbocycles. The zero-order valence-corrected chi connectivity index (χ0v) is 10.3. The fraction of sp³-hybridized carbons (Fsp3) is 0.667. The van der Waals surface area contributed by atoms with Crippen LogP contribution in [0.1, 0.15) is 56.7 Å². The van der Waals surface area contributed by atoms with Gasteiger partial charge in [-0.3, -0.25) is 0 Å². The number of nitrogens with zero attached hydrogens (tertiary/aromatic N) is 2. The van der Waals surface area contributed by atoms with Crippen molar-refractivity contribution >= 4 is 11.6 Å². The minimum absolute atomic E-state index is 0.519. The van der Waals surface area contributed by atoms with Crippen molar-refractivity contribution in [1.29, 1.82) is 0 Å². The summed E-state index contributed by atoms with van der Waals surface area (Å²) in [6, 6.07) is 1.99. The van der Waals surface area contributed by atoms with Gasteiger partial charge < -0.3 is 0 Å². The van der Waals surface area contributed by atoms with Gasteiger partial charge in [0.15, 0.2) is 5.15 Å². The summed E-state index contributed by atoms with van der Waals surface area (Å²) in [7, 11) is 0. The molecule has 0 saturated heterocycles. The van der Waals surface area contributed by atoms with E-state index in [2.05, 4.69) is 31.0 Å². The average Bonchev–Trinajstić information content (AvgIpc) is 2.19. The van der Waals surface area contributed by atoms with Crippen LogP contribution in [0.25, 0.3) is 0 Å². The molecule has 2 unspecified atom stereocenters. The van der Waals surface area contributed by atoms with Crippen LogP contribution in [-0.2, 0) is 0 Å². The average molecular weight is 225 g/mol. The van der Waals surface area contributed by atoms with Crippen LogP contribution in [0.2, 0.25) is 5.15 Å². The molecule has 0 amide bonds. The Morgan fingerprint density at radius 3 is 2.73 bits per heavy atom. The van der Waals surface area contributed by atoms with Crippen molar-refractivity contribution in [2.24, 2.45) is 5.92 Å². The van der Waals surface area contributed by atoms with E-state index in [9.17, 15) is 0 Å². The zero-order valence-electron chi connectivity index (χ0n) is 9.50. The molecule has 0 bridgehead atoms. The van der Waals surface area contributed by atoms with E-state index in [0.717, 1.165) is 0 Å². The lowest BCUT2D eigenvalue weighted by Crippen LogP contribution is -2.19. The smallest absolute Gasteiger partial charge is 0.152 e. The zero-order chi connectivity index (χ0) is 11.0. The predicted octanol–water partition coefficient (Wildman–Crippen LogP) is 3.77. The predicted molar refractivity (Wildman–Crippen MR) is 62.3 cm³/mol. The van der Waals surface area contributed by atoms with Gasteiger partial charge in [-0.15, -0.1) is 5.10 Å². The van der Waals surface area contributed by atoms with Gasteiger partial charge in [-0.2, -0.15) is 5.10 Å². The Balaban J connectivity index is 2.45. The molecule has 1 aromatic rings. The highest BCUT2D eigenvalue weighted by molar-refractivity contribution is 6.29. The first-order valence-electron chi connectivity index (χ1n) is 5.62. The van der Waals surface area contributed by atoms with E-state index in [1.807, 2.05) is 6.07 Å². The molecule has 2 atom stereocenters. The molecule has 0 fully saturated rings. The standard InChI is InChI=1S/C12H17ClN2/c1-7(2)9-5-4-8(3)10-6-11(13)14-15-12(9)10/h6-9H,4-5H2,1-3H3. The van der Waals surface area contributed by atoms with Crippen LogP contribution in [0, 0.1) is 5.92 Å². The Morgan fingerprint density at radius 2 is 2.07 bits per heavy atom. The second kappa shape index (κ2) is 4.09. The van der Waals surface area contributed by atoms with E-state index >= 15 is 0 Å². The molecule has 0 N–H and O–H groups in total. The van der Waals surface area contributed by atoms with Gasteiger partial charge in [-0.05, 0) is 36.3 Å². The van der Waals surface area contributed by atoms with Crippen molar-refractivity contribution in [1.82, 2.24) is 10.2 Å². The summed E-state index contributed by atoms with van der Waals surface area (Å²) in [5, 5.41) is 8.78. The first-order chi connectivity index (χ1) is 7.09. The van der Waals surface area contributed by atoms with E-state index < -0.39 is 0 Å². The lowest BCUT2D eigenvalue weighted by atomic mass is 9.76. The first kappa shape index (κ1) is 10.9. The largest absolute Gasteiger partial charge is 0.154 e. The summed E-state index contributed by atoms with van der Waals surface area (Å²) in [5.74, 6) is 1.76. The highest BCUT2D eigenvalue weighted by Crippen LogP contribution is 2.41. The highest BCUT2D eigenvalue weighted by atomic mass is 35.5. The topological polar surface area (TPSA) is 25.8 Å². The SMILES string of the molecule is CC1CCC(C(C)C)c2nnc(Cl)cc21. The van der Waals surface area contributed by atoms with Crippen molar-refractivity contribution in [2.75, 3.05) is 0 Å². The molecule has 0 spiro atoms. The van der Waals surface area contributed by atoms with Crippen LogP contribution in [0.3, 0.4) is 0 Å². The van der Waals surface area contributed by atoms with Crippen LogP contribution in [0.5, 0.6) is 0 Å². The number of aromatic nitrogens is 2. The Bertz CT molecular complexity index is 363. The van der Waals surface area contributed by atoms with Gasteiger partial charge in [0, 0.05) is 5.92 Å². The molecule has 1 heterocycles. The van der Waals surface area contributed by atoms with E-state index in [1.165, 1.54) is 24.1 Å². The van der Waals surface area contributed by atoms with Crippen LogP contribution >= 0.6 is 11.6 Å². The third kappa shape index (κ3) is 2.00. The van der Waals surface area contributed by atoms with Crippen molar-refractivity contribution in [3.63, 3.8) is 0 Å². The van der Waals surface area contributed by atoms with Crippen LogP contribution in [-0.4, -0.2) is 10.2 Å². The Labute approximate surface area is 96.1 Å². The molecule has 0 radical (unpaired) electrons. The molecular weight excluding hydrogens is 208 g/mol. The van der Waals surface area contributed by atoms with Gasteiger partial charge in [0.05, 0.1) is 5.69 Å². The summed E-state index contributed by atoms with van der Waals surface area (Å²) in [5.41, 5.74) is 2.48. The lowest BCUT2D eigenvalue weighted by Gasteiger charge is -2.30. The molecule has 2 rings (SSSR count). The quantitative estimate of drug-likeness (QED) is 0.726. The summed E-state index contributed by atoms with van der Waals surface area (Å²) >= 11 is 5.90. The Morgan fingerprint density at radius 1 is 1.33 bits per heavy atom. The van der Waals surface area contributed by atoms with Crippen LogP contribution in [0.4, 0.5) is 0 Å². The highest BCUT2D eigenvalue weighted by Gasteiger charge is 2.28. The Kier molecular flexibility index (Phi) is 2.96. The van der Waals surface area contributed by atoms with Gasteiger partial charge in [-0.1, -0.05) is 32.4 Å². The molecule has 15 heavy (non-hydrogen) atoms. The molecule has 0 aliphatic heterocycles. The summed E-state index contributed by atoms with van der Waals surface area (Å²) < 4.78 is 0. The number of hydrogen-bond donors (Lipinski definition) is 0. The monoisotopic (exact) mass is 224 g/mol. The maximum atomic E-state index is 5.90. The fourth-order valence-electron chi connectivity index (χ4n) is 2.44. The van der Waals surface area contributed by atoms with Crippen LogP contribution in [0.15, 0.2) is 6.07 Å². The van der Waals surface area contributed by atoms with E-state index in [-0.39, 0.29) is 0 Å². The molecular formula is C12H17ClN2. The number of hydrogen-bond acceptors (Lipinski definition) is 2. The molecule has 1 aliphatic rings. The van der Waals surface area contributed by atoms with E-state index in [0.29, 0.717) is 22.9 Å². The van der Waals surface area contributed by atoms with Crippen molar-refractivity contribution in [2.45, 2.75) is 45.4 Å². The fourth-order valence-corrected chi connectivity index (χ4v) is 2.60. The van der Waals surface area contributed by atoms with Gasteiger partial charge in [-0.25, -0.2) is 0 Å². The van der Waals surface area contributed by atoms with Gasteiger partial charge in [0.1, 0.15) is 0 Å². The van der Waals surface area contributed by atoms with E-state index in [4.69, 9.17) is 11.6 Å². The lowest BCUT2D eigenvalue weighted by molar-refractivity contribution is 0.396. The van der Waals surface area contributed by atoms with Gasteiger partial charge in [0.2, 0.25) is 0 Å². The second-order valence-corrected chi connectivity index (χ2v) is 5.22. The van der Waals surface area contributed by atoms with Crippen molar-refractivity contribution < 1.29 is 0 Å². The van der Waals surface area contributed by atoms with Crippen molar-refractivity contribution in [3.05, 3.63) is 22.5 Å². The third-order valence-corrected chi connectivity index (χ3v) is 3.61. The molecule has 3 heteroatoms. The third-order valence-electron chi connectivity index (χ3n) is 3.42. The molecule has 0 aromatic carbocycles. The second-order valence-electron chi connectivity index (χ2n) is 4.84. The first-order valence-corrected chi connectivity index (χ1v) is 6.00. The van der Waals surface area contributed by atoms with Crippen molar-refractivity contribution in [3.8, 4) is 0 Å². The number of halogens is 1. The summed E-state index contributed by atoms with van der Waals surface area (Å²) in [4.78, 5) is 0. The van der Waals surface area contributed by atoms with Crippen LogP contribution < -0.4 is 0 Å². The molecule has 0 saturated carbocycles. The normalized spacial score (nSPS) is 25.4. The molecule has 2 nitrogen and oxygen atoms in total. The maximum Gasteiger partial charge on any atom is 0.152 e. The van der Waals surface area contributed by atoms with Gasteiger partial charge in [0.25, 0.3) is 0 Å². The Hall–Kier alpha value is -0.630. The summed E-state index contributed by atoms with van der Waals surface area (Å²) in [6.45, 7) is 6.74. The molecule has 82 valence electrons. The number of fused-ring (bicyclic) bond motifs is 1. The minimum Gasteiger partial charge on any atom is -0.154 e. The number of rotatable bonds is 1.